The van der Waals surface area contributed by atoms with Crippen LogP contribution < -0.4 is 0 Å². The summed E-state index contributed by atoms with van der Waals surface area (Å²) < 4.78 is 25.2. The quantitative estimate of drug-likeness (QED) is 0.623. The van der Waals surface area contributed by atoms with Crippen LogP contribution in [0, 0.1) is 17.0 Å². The molecule has 0 atom stereocenters. The molecule has 18 heavy (non-hydrogen) atoms. The molecule has 0 unspecified atom stereocenters. The Bertz CT molecular complexity index is 555. The number of aryl methyl sites for hydroxylation is 1. The zero-order valence-corrected chi connectivity index (χ0v) is 10.8. The molecule has 0 aromatic heterocycles. The summed E-state index contributed by atoms with van der Waals surface area (Å²) in [6, 6.07) is 4.07. The molecule has 0 bridgehead atoms. The molecule has 0 heterocycles. The van der Waals surface area contributed by atoms with Crippen molar-refractivity contribution in [1.29, 1.82) is 0 Å². The minimum absolute atomic E-state index is 0.117. The minimum atomic E-state index is -3.98. The van der Waals surface area contributed by atoms with Gasteiger partial charge in [-0.15, -0.1) is 0 Å². The van der Waals surface area contributed by atoms with Crippen molar-refractivity contribution in [3.05, 3.63) is 33.9 Å². The number of nitro groups is 1. The maximum Gasteiger partial charge on any atom is 0.289 e. The van der Waals surface area contributed by atoms with E-state index < -0.39 is 20.6 Å². The molecule has 0 aliphatic heterocycles. The fourth-order valence-corrected chi connectivity index (χ4v) is 3.05. The molecule has 0 spiro atoms. The van der Waals surface area contributed by atoms with Crippen LogP contribution in [0.15, 0.2) is 23.1 Å². The van der Waals surface area contributed by atoms with Gasteiger partial charge < -0.3 is 5.11 Å². The first-order valence-electron chi connectivity index (χ1n) is 5.13. The normalized spacial score (nSPS) is 11.8. The standard InChI is InChI=1S/C10H14N2O5S/c1-8-4-3-5-9(12(14)15)10(8)18(16,17)11(2)6-7-13/h3-5,13H,6-7H2,1-2H3. The van der Waals surface area contributed by atoms with Crippen LogP contribution in [0.5, 0.6) is 0 Å². The molecule has 8 heteroatoms. The largest absolute Gasteiger partial charge is 0.395 e. The van der Waals surface area contributed by atoms with Crippen LogP contribution in [0.2, 0.25) is 0 Å². The molecule has 1 N–H and O–H groups in total. The highest BCUT2D eigenvalue weighted by Gasteiger charge is 2.30. The third-order valence-corrected chi connectivity index (χ3v) is 4.52. The topological polar surface area (TPSA) is 101 Å². The summed E-state index contributed by atoms with van der Waals surface area (Å²) in [7, 11) is -2.71. The number of benzene rings is 1. The Labute approximate surface area is 105 Å². The van der Waals surface area contributed by atoms with Crippen molar-refractivity contribution >= 4 is 15.7 Å². The van der Waals surface area contributed by atoms with E-state index in [1.165, 1.54) is 26.1 Å². The Morgan fingerprint density at radius 1 is 1.44 bits per heavy atom. The summed E-state index contributed by atoms with van der Waals surface area (Å²) in [5.41, 5.74) is -0.159. The first-order chi connectivity index (χ1) is 8.32. The number of hydrogen-bond donors (Lipinski definition) is 1. The fraction of sp³-hybridized carbons (Fsp3) is 0.400. The number of aliphatic hydroxyl groups excluding tert-OH is 1. The molecule has 1 aromatic carbocycles. The van der Waals surface area contributed by atoms with Gasteiger partial charge in [-0.3, -0.25) is 10.1 Å². The lowest BCUT2D eigenvalue weighted by Gasteiger charge is -2.17. The van der Waals surface area contributed by atoms with Crippen LogP contribution in [0.25, 0.3) is 0 Å². The van der Waals surface area contributed by atoms with E-state index in [4.69, 9.17) is 5.11 Å². The van der Waals surface area contributed by atoms with Crippen LogP contribution in [0.1, 0.15) is 5.56 Å². The molecule has 0 saturated heterocycles. The lowest BCUT2D eigenvalue weighted by atomic mass is 10.2. The van der Waals surface area contributed by atoms with E-state index in [0.717, 1.165) is 10.4 Å². The van der Waals surface area contributed by atoms with Gasteiger partial charge in [-0.05, 0) is 12.5 Å². The molecular weight excluding hydrogens is 260 g/mol. The highest BCUT2D eigenvalue weighted by molar-refractivity contribution is 7.89. The molecule has 0 aliphatic rings. The van der Waals surface area contributed by atoms with Crippen LogP contribution in [0.3, 0.4) is 0 Å². The molecule has 100 valence electrons. The predicted molar refractivity (Wildman–Crippen MR) is 64.7 cm³/mol. The zero-order chi connectivity index (χ0) is 13.9. The second-order valence-corrected chi connectivity index (χ2v) is 5.71. The molecule has 0 radical (unpaired) electrons. The van der Waals surface area contributed by atoms with Gasteiger partial charge in [-0.2, -0.15) is 4.31 Å². The number of aliphatic hydroxyl groups is 1. The lowest BCUT2D eigenvalue weighted by molar-refractivity contribution is -0.387. The summed E-state index contributed by atoms with van der Waals surface area (Å²) in [6.45, 7) is 1.02. The van der Waals surface area contributed by atoms with Gasteiger partial charge in [-0.25, -0.2) is 8.42 Å². The first kappa shape index (κ1) is 14.6. The summed E-state index contributed by atoms with van der Waals surface area (Å²) in [6.07, 6.45) is 0. The molecule has 0 amide bonds. The number of likely N-dealkylation sites (N-methyl/N-ethyl adjacent to an activating group) is 1. The van der Waals surface area contributed by atoms with Crippen LogP contribution in [0.4, 0.5) is 5.69 Å². The van der Waals surface area contributed by atoms with Gasteiger partial charge in [0.05, 0.1) is 11.5 Å². The summed E-state index contributed by atoms with van der Waals surface area (Å²) in [4.78, 5) is 9.82. The van der Waals surface area contributed by atoms with Gasteiger partial charge in [0.25, 0.3) is 5.69 Å². The van der Waals surface area contributed by atoms with E-state index in [1.54, 1.807) is 0 Å². The van der Waals surface area contributed by atoms with Crippen molar-refractivity contribution in [2.24, 2.45) is 0 Å². The van der Waals surface area contributed by atoms with E-state index in [-0.39, 0.29) is 18.0 Å². The fourth-order valence-electron chi connectivity index (χ4n) is 1.53. The van der Waals surface area contributed by atoms with E-state index in [2.05, 4.69) is 0 Å². The molecule has 0 fully saturated rings. The van der Waals surface area contributed by atoms with Crippen molar-refractivity contribution in [1.82, 2.24) is 4.31 Å². The Morgan fingerprint density at radius 3 is 2.56 bits per heavy atom. The SMILES string of the molecule is Cc1cccc([N+](=O)[O-])c1S(=O)(=O)N(C)CCO. The third-order valence-electron chi connectivity index (χ3n) is 2.47. The zero-order valence-electron chi connectivity index (χ0n) is 10.0. The maximum atomic E-state index is 12.2. The van der Waals surface area contributed by atoms with E-state index in [0.29, 0.717) is 5.56 Å². The highest BCUT2D eigenvalue weighted by atomic mass is 32.2. The molecule has 1 aromatic rings. The summed E-state index contributed by atoms with van der Waals surface area (Å²) in [5, 5.41) is 19.6. The van der Waals surface area contributed by atoms with E-state index >= 15 is 0 Å². The van der Waals surface area contributed by atoms with Crippen LogP contribution >= 0.6 is 0 Å². The average Bonchev–Trinajstić information content (AvgIpc) is 2.28. The number of sulfonamides is 1. The molecule has 7 nitrogen and oxygen atoms in total. The summed E-state index contributed by atoms with van der Waals surface area (Å²) in [5.74, 6) is 0. The smallest absolute Gasteiger partial charge is 0.289 e. The van der Waals surface area contributed by atoms with Crippen molar-refractivity contribution in [3.8, 4) is 0 Å². The minimum Gasteiger partial charge on any atom is -0.395 e. The van der Waals surface area contributed by atoms with Gasteiger partial charge in [0.15, 0.2) is 4.90 Å². The van der Waals surface area contributed by atoms with Gasteiger partial charge in [0, 0.05) is 19.7 Å². The lowest BCUT2D eigenvalue weighted by Crippen LogP contribution is -2.30. The Hall–Kier alpha value is -1.51. The molecule has 1 rings (SSSR count). The molecular formula is C10H14N2O5S. The molecule has 0 saturated carbocycles. The Balaban J connectivity index is 3.45. The Kier molecular flexibility index (Phi) is 4.38. The monoisotopic (exact) mass is 274 g/mol. The van der Waals surface area contributed by atoms with Gasteiger partial charge in [-0.1, -0.05) is 12.1 Å². The average molecular weight is 274 g/mol. The second-order valence-electron chi connectivity index (χ2n) is 3.73. The first-order valence-corrected chi connectivity index (χ1v) is 6.57. The number of hydrogen-bond acceptors (Lipinski definition) is 5. The summed E-state index contributed by atoms with van der Waals surface area (Å²) >= 11 is 0. The van der Waals surface area contributed by atoms with Gasteiger partial charge >= 0.3 is 0 Å². The van der Waals surface area contributed by atoms with Crippen molar-refractivity contribution in [2.75, 3.05) is 20.2 Å². The second kappa shape index (κ2) is 5.42. The number of nitro benzene ring substituents is 1. The van der Waals surface area contributed by atoms with Crippen molar-refractivity contribution in [2.45, 2.75) is 11.8 Å². The molecule has 0 aliphatic carbocycles. The Morgan fingerprint density at radius 2 is 2.06 bits per heavy atom. The number of nitrogens with zero attached hydrogens (tertiary/aromatic N) is 2. The third kappa shape index (κ3) is 2.66. The number of rotatable bonds is 5. The van der Waals surface area contributed by atoms with Gasteiger partial charge in [0.1, 0.15) is 0 Å². The van der Waals surface area contributed by atoms with Gasteiger partial charge in [0.2, 0.25) is 10.0 Å². The van der Waals surface area contributed by atoms with Crippen LogP contribution in [-0.4, -0.2) is 43.0 Å². The highest BCUT2D eigenvalue weighted by Crippen LogP contribution is 2.28. The van der Waals surface area contributed by atoms with Crippen LogP contribution in [-0.2, 0) is 10.0 Å². The van der Waals surface area contributed by atoms with Crippen molar-refractivity contribution in [3.63, 3.8) is 0 Å². The van der Waals surface area contributed by atoms with E-state index in [9.17, 15) is 18.5 Å². The maximum absolute atomic E-state index is 12.2. The predicted octanol–water partition coefficient (Wildman–Crippen LogP) is 0.516. The van der Waals surface area contributed by atoms with Crippen molar-refractivity contribution < 1.29 is 18.4 Å². The van der Waals surface area contributed by atoms with E-state index in [1.807, 2.05) is 0 Å².